The Labute approximate surface area is 107 Å². The Morgan fingerprint density at radius 2 is 2.00 bits per heavy atom. The Bertz CT molecular complexity index is 504. The average Bonchev–Trinajstić information content (AvgIpc) is 2.52. The topological polar surface area (TPSA) is 37.4 Å². The molecule has 1 aromatic rings. The lowest BCUT2D eigenvalue weighted by molar-refractivity contribution is -0.114. The maximum atomic E-state index is 13.3. The predicted molar refractivity (Wildman–Crippen MR) is 63.4 cm³/mol. The van der Waals surface area contributed by atoms with Crippen LogP contribution in [0.15, 0.2) is 12.1 Å². The molecule has 3 nitrogen and oxygen atoms in total. The number of carbonyl (C=O) groups excluding carboxylic acids is 2. The molecule has 0 radical (unpaired) electrons. The minimum Gasteiger partial charge on any atom is -0.305 e. The summed E-state index contributed by atoms with van der Waals surface area (Å²) in [6.07, 6.45) is 0.532. The number of hydrogen-bond acceptors (Lipinski definition) is 2. The molecule has 0 N–H and O–H groups in total. The van der Waals surface area contributed by atoms with Crippen LogP contribution in [0.1, 0.15) is 16.8 Å². The molecule has 6 heteroatoms. The van der Waals surface area contributed by atoms with Crippen LogP contribution in [0, 0.1) is 5.82 Å². The van der Waals surface area contributed by atoms with E-state index in [9.17, 15) is 14.0 Å². The summed E-state index contributed by atoms with van der Waals surface area (Å²) < 4.78 is 13.3. The number of anilines is 1. The molecule has 1 amide bonds. The van der Waals surface area contributed by atoms with Crippen molar-refractivity contribution in [2.24, 2.45) is 0 Å². The number of hydrogen-bond donors (Lipinski definition) is 0. The first-order chi connectivity index (χ1) is 8.06. The standard InChI is InChI=1S/C11H8Cl2FNO2/c12-2-1-3-15-9-5-8(14)7(13)4-6(9)10(16)11(15)17/h4-5H,1-3H2. The van der Waals surface area contributed by atoms with Gasteiger partial charge in [0.1, 0.15) is 5.82 Å². The van der Waals surface area contributed by atoms with Gasteiger partial charge in [0.2, 0.25) is 0 Å². The number of nitrogens with zero attached hydrogens (tertiary/aromatic N) is 1. The van der Waals surface area contributed by atoms with E-state index in [4.69, 9.17) is 23.2 Å². The van der Waals surface area contributed by atoms with Gasteiger partial charge in [-0.15, -0.1) is 11.6 Å². The van der Waals surface area contributed by atoms with Gasteiger partial charge in [0, 0.05) is 12.4 Å². The maximum absolute atomic E-state index is 13.3. The SMILES string of the molecule is O=C1C(=O)N(CCCCl)c2cc(F)c(Cl)cc21. The molecule has 0 aromatic heterocycles. The fourth-order valence-corrected chi connectivity index (χ4v) is 2.01. The Balaban J connectivity index is 2.45. The van der Waals surface area contributed by atoms with E-state index in [0.717, 1.165) is 6.07 Å². The van der Waals surface area contributed by atoms with Crippen molar-refractivity contribution in [3.8, 4) is 0 Å². The Hall–Kier alpha value is -1.13. The van der Waals surface area contributed by atoms with Gasteiger partial charge in [-0.25, -0.2) is 4.39 Å². The number of carbonyl (C=O) groups is 2. The van der Waals surface area contributed by atoms with E-state index in [2.05, 4.69) is 0 Å². The van der Waals surface area contributed by atoms with Crippen LogP contribution in [0.2, 0.25) is 5.02 Å². The van der Waals surface area contributed by atoms with Crippen molar-refractivity contribution >= 4 is 40.6 Å². The molecule has 0 unspecified atom stereocenters. The minimum absolute atomic E-state index is 0.149. The number of ketones is 1. The number of Topliss-reactive ketones (excluding diaryl/α,β-unsaturated/α-hetero) is 1. The van der Waals surface area contributed by atoms with E-state index in [1.165, 1.54) is 11.0 Å². The molecule has 0 bridgehead atoms. The van der Waals surface area contributed by atoms with Crippen LogP contribution >= 0.6 is 23.2 Å². The van der Waals surface area contributed by atoms with Crippen LogP contribution in [0.25, 0.3) is 0 Å². The third-order valence-electron chi connectivity index (χ3n) is 2.53. The molecule has 0 saturated carbocycles. The number of fused-ring (bicyclic) bond motifs is 1. The highest BCUT2D eigenvalue weighted by molar-refractivity contribution is 6.52. The zero-order chi connectivity index (χ0) is 12.6. The quantitative estimate of drug-likeness (QED) is 0.628. The number of amides is 1. The minimum atomic E-state index is -0.660. The summed E-state index contributed by atoms with van der Waals surface area (Å²) in [5.74, 6) is -1.60. The van der Waals surface area contributed by atoms with E-state index in [0.29, 0.717) is 18.8 Å². The predicted octanol–water partition coefficient (Wildman–Crippen LogP) is 2.64. The Kier molecular flexibility index (Phi) is 3.35. The summed E-state index contributed by atoms with van der Waals surface area (Å²) >= 11 is 11.1. The number of benzene rings is 1. The van der Waals surface area contributed by atoms with Crippen LogP contribution in [0.4, 0.5) is 10.1 Å². The molecule has 1 aromatic carbocycles. The molecule has 0 spiro atoms. The zero-order valence-electron chi connectivity index (χ0n) is 8.67. The van der Waals surface area contributed by atoms with Crippen LogP contribution in [0.5, 0.6) is 0 Å². The second-order valence-electron chi connectivity index (χ2n) is 3.61. The summed E-state index contributed by atoms with van der Waals surface area (Å²) in [5, 5.41) is -0.163. The number of alkyl halides is 1. The van der Waals surface area contributed by atoms with Gasteiger partial charge in [-0.3, -0.25) is 9.59 Å². The summed E-state index contributed by atoms with van der Waals surface area (Å²) in [7, 11) is 0. The highest BCUT2D eigenvalue weighted by Crippen LogP contribution is 2.33. The fourth-order valence-electron chi connectivity index (χ4n) is 1.73. The van der Waals surface area contributed by atoms with Crippen molar-refractivity contribution in [3.05, 3.63) is 28.5 Å². The van der Waals surface area contributed by atoms with Gasteiger partial charge in [-0.05, 0) is 18.6 Å². The molecule has 0 fully saturated rings. The van der Waals surface area contributed by atoms with Gasteiger partial charge in [-0.1, -0.05) is 11.6 Å². The first-order valence-corrected chi connectivity index (χ1v) is 5.88. The van der Waals surface area contributed by atoms with Crippen molar-refractivity contribution in [3.63, 3.8) is 0 Å². The second kappa shape index (κ2) is 4.63. The zero-order valence-corrected chi connectivity index (χ0v) is 10.2. The van der Waals surface area contributed by atoms with Crippen molar-refractivity contribution < 1.29 is 14.0 Å². The van der Waals surface area contributed by atoms with Crippen LogP contribution in [-0.4, -0.2) is 24.1 Å². The molecule has 1 aliphatic rings. The lowest BCUT2D eigenvalue weighted by Crippen LogP contribution is -2.30. The molecular formula is C11H8Cl2FNO2. The summed E-state index contributed by atoms with van der Waals surface area (Å²) in [6.45, 7) is 0.294. The highest BCUT2D eigenvalue weighted by atomic mass is 35.5. The van der Waals surface area contributed by atoms with E-state index < -0.39 is 17.5 Å². The van der Waals surface area contributed by atoms with E-state index in [-0.39, 0.29) is 16.3 Å². The van der Waals surface area contributed by atoms with Gasteiger partial charge in [0.25, 0.3) is 11.7 Å². The Morgan fingerprint density at radius 1 is 1.29 bits per heavy atom. The van der Waals surface area contributed by atoms with Crippen LogP contribution < -0.4 is 4.90 Å². The second-order valence-corrected chi connectivity index (χ2v) is 4.40. The average molecular weight is 276 g/mol. The van der Waals surface area contributed by atoms with Crippen LogP contribution in [0.3, 0.4) is 0 Å². The van der Waals surface area contributed by atoms with Crippen molar-refractivity contribution in [2.45, 2.75) is 6.42 Å². The first-order valence-electron chi connectivity index (χ1n) is 4.97. The van der Waals surface area contributed by atoms with Gasteiger partial charge in [0.05, 0.1) is 16.3 Å². The summed E-state index contributed by atoms with van der Waals surface area (Å²) in [4.78, 5) is 24.5. The van der Waals surface area contributed by atoms with Gasteiger partial charge >= 0.3 is 0 Å². The van der Waals surface area contributed by atoms with Crippen molar-refractivity contribution in [1.29, 1.82) is 0 Å². The molecule has 90 valence electrons. The molecule has 2 rings (SSSR count). The highest BCUT2D eigenvalue weighted by Gasteiger charge is 2.36. The molecule has 0 atom stereocenters. The largest absolute Gasteiger partial charge is 0.305 e. The lowest BCUT2D eigenvalue weighted by atomic mass is 10.1. The molecule has 1 heterocycles. The summed E-state index contributed by atoms with van der Waals surface area (Å²) in [5.41, 5.74) is 0.419. The third kappa shape index (κ3) is 2.03. The Morgan fingerprint density at radius 3 is 2.65 bits per heavy atom. The fraction of sp³-hybridized carbons (Fsp3) is 0.273. The molecule has 0 aliphatic carbocycles. The monoisotopic (exact) mass is 275 g/mol. The first kappa shape index (κ1) is 12.3. The number of halogens is 3. The maximum Gasteiger partial charge on any atom is 0.299 e. The van der Waals surface area contributed by atoms with Crippen molar-refractivity contribution in [1.82, 2.24) is 0 Å². The van der Waals surface area contributed by atoms with Crippen molar-refractivity contribution in [2.75, 3.05) is 17.3 Å². The normalized spacial score (nSPS) is 14.4. The van der Waals surface area contributed by atoms with Gasteiger partial charge < -0.3 is 4.90 Å². The van der Waals surface area contributed by atoms with E-state index in [1.807, 2.05) is 0 Å². The summed E-state index contributed by atoms with van der Waals surface area (Å²) in [6, 6.07) is 2.29. The smallest absolute Gasteiger partial charge is 0.299 e. The third-order valence-corrected chi connectivity index (χ3v) is 3.09. The van der Waals surface area contributed by atoms with Gasteiger partial charge in [-0.2, -0.15) is 0 Å². The van der Waals surface area contributed by atoms with Gasteiger partial charge in [0.15, 0.2) is 0 Å². The molecular weight excluding hydrogens is 268 g/mol. The molecule has 17 heavy (non-hydrogen) atoms. The molecule has 1 aliphatic heterocycles. The number of rotatable bonds is 3. The lowest BCUT2D eigenvalue weighted by Gasteiger charge is -2.15. The van der Waals surface area contributed by atoms with E-state index in [1.54, 1.807) is 0 Å². The van der Waals surface area contributed by atoms with Crippen LogP contribution in [-0.2, 0) is 4.79 Å². The van der Waals surface area contributed by atoms with E-state index >= 15 is 0 Å². The molecule has 0 saturated heterocycles.